The van der Waals surface area contributed by atoms with E-state index in [4.69, 9.17) is 19.3 Å². The summed E-state index contributed by atoms with van der Waals surface area (Å²) in [4.78, 5) is 14.4. The van der Waals surface area contributed by atoms with Gasteiger partial charge in [0.1, 0.15) is 18.1 Å². The molecule has 2 aliphatic rings. The van der Waals surface area contributed by atoms with Crippen LogP contribution in [0.3, 0.4) is 0 Å². The molecule has 1 aliphatic heterocycles. The maximum Gasteiger partial charge on any atom is 0.341 e. The van der Waals surface area contributed by atoms with Crippen molar-refractivity contribution in [1.82, 2.24) is 4.90 Å². The number of hydrogen-bond donors (Lipinski definition) is 1. The summed E-state index contributed by atoms with van der Waals surface area (Å²) in [5, 5.41) is 9.63. The molecule has 41 heavy (non-hydrogen) atoms. The fourth-order valence-corrected chi connectivity index (χ4v) is 5.52. The summed E-state index contributed by atoms with van der Waals surface area (Å²) >= 11 is 1.96. The van der Waals surface area contributed by atoms with Gasteiger partial charge < -0.3 is 19.3 Å². The third-order valence-electron chi connectivity index (χ3n) is 6.86. The van der Waals surface area contributed by atoms with Crippen LogP contribution in [-0.4, -0.2) is 67.3 Å². The molecule has 6 nitrogen and oxygen atoms in total. The molecule has 0 amide bonds. The zero-order chi connectivity index (χ0) is 28.4. The van der Waals surface area contributed by atoms with Crippen molar-refractivity contribution in [3.8, 4) is 23.3 Å². The summed E-state index contributed by atoms with van der Waals surface area (Å²) in [6.45, 7) is 6.06. The van der Waals surface area contributed by atoms with E-state index in [0.717, 1.165) is 65.9 Å². The van der Waals surface area contributed by atoms with Crippen molar-refractivity contribution in [2.75, 3.05) is 46.1 Å². The Morgan fingerprint density at radius 2 is 1.73 bits per heavy atom. The van der Waals surface area contributed by atoms with E-state index in [2.05, 4.69) is 71.3 Å². The van der Waals surface area contributed by atoms with Crippen LogP contribution in [0, 0.1) is 18.8 Å². The van der Waals surface area contributed by atoms with Crippen molar-refractivity contribution in [2.24, 2.45) is 0 Å². The van der Waals surface area contributed by atoms with Crippen LogP contribution < -0.4 is 9.47 Å². The number of rotatable bonds is 11. The van der Waals surface area contributed by atoms with E-state index >= 15 is 0 Å². The molecule has 1 saturated heterocycles. The summed E-state index contributed by atoms with van der Waals surface area (Å²) in [6, 6.07) is 22.6. The van der Waals surface area contributed by atoms with Gasteiger partial charge in [0.05, 0.1) is 19.8 Å². The van der Waals surface area contributed by atoms with Crippen LogP contribution in [0.5, 0.6) is 11.5 Å². The minimum Gasteiger partial charge on any atom is -0.489 e. The first-order valence-electron chi connectivity index (χ1n) is 14.0. The van der Waals surface area contributed by atoms with Crippen molar-refractivity contribution in [3.05, 3.63) is 95.1 Å². The van der Waals surface area contributed by atoms with Crippen LogP contribution in [0.1, 0.15) is 35.1 Å². The Labute approximate surface area is 246 Å². The van der Waals surface area contributed by atoms with Gasteiger partial charge in [-0.3, -0.25) is 4.90 Å². The highest BCUT2D eigenvalue weighted by molar-refractivity contribution is 8.00. The molecule has 5 rings (SSSR count). The topological polar surface area (TPSA) is 68.2 Å². The fraction of sp³-hybridized carbons (Fsp3) is 0.324. The first kappa shape index (κ1) is 28.8. The molecule has 3 aromatic rings. The van der Waals surface area contributed by atoms with E-state index in [-0.39, 0.29) is 6.61 Å². The first-order valence-corrected chi connectivity index (χ1v) is 14.9. The third-order valence-corrected chi connectivity index (χ3v) is 8.21. The van der Waals surface area contributed by atoms with Gasteiger partial charge >= 0.3 is 5.97 Å². The van der Waals surface area contributed by atoms with E-state index in [9.17, 15) is 4.79 Å². The molecule has 2 fully saturated rings. The van der Waals surface area contributed by atoms with E-state index < -0.39 is 5.97 Å². The molecule has 7 heteroatoms. The normalized spacial score (nSPS) is 15.6. The van der Waals surface area contributed by atoms with Crippen LogP contribution >= 0.6 is 11.8 Å². The average molecular weight is 570 g/mol. The predicted octanol–water partition coefficient (Wildman–Crippen LogP) is 5.91. The predicted molar refractivity (Wildman–Crippen MR) is 163 cm³/mol. The number of thioether (sulfide) groups is 1. The van der Waals surface area contributed by atoms with Crippen LogP contribution in [0.25, 0.3) is 5.57 Å². The number of ether oxygens (including phenoxy) is 3. The molecule has 1 N–H and O–H groups in total. The Kier molecular flexibility index (Phi) is 10.0. The highest BCUT2D eigenvalue weighted by Crippen LogP contribution is 2.39. The van der Waals surface area contributed by atoms with Gasteiger partial charge in [-0.25, -0.2) is 4.79 Å². The molecule has 1 heterocycles. The molecule has 212 valence electrons. The zero-order valence-corrected chi connectivity index (χ0v) is 24.1. The number of aryl methyl sites for hydroxylation is 1. The molecule has 0 atom stereocenters. The van der Waals surface area contributed by atoms with Gasteiger partial charge in [0.2, 0.25) is 0 Å². The fourth-order valence-electron chi connectivity index (χ4n) is 4.47. The highest BCUT2D eigenvalue weighted by Gasteiger charge is 2.22. The highest BCUT2D eigenvalue weighted by atomic mass is 32.2. The number of hydrogen-bond acceptors (Lipinski definition) is 6. The number of benzene rings is 3. The van der Waals surface area contributed by atoms with Crippen molar-refractivity contribution in [3.63, 3.8) is 0 Å². The Morgan fingerprint density at radius 1 is 1.02 bits per heavy atom. The van der Waals surface area contributed by atoms with Gasteiger partial charge in [0, 0.05) is 28.8 Å². The van der Waals surface area contributed by atoms with Crippen molar-refractivity contribution in [2.45, 2.75) is 29.9 Å². The van der Waals surface area contributed by atoms with Crippen molar-refractivity contribution in [1.29, 1.82) is 0 Å². The summed E-state index contributed by atoms with van der Waals surface area (Å²) in [5.41, 5.74) is 5.15. The van der Waals surface area contributed by atoms with E-state index in [1.54, 1.807) is 12.1 Å². The molecular formula is C34H35NO5S. The van der Waals surface area contributed by atoms with Gasteiger partial charge in [0.25, 0.3) is 0 Å². The number of carboxylic acid groups (broad SMARTS) is 1. The van der Waals surface area contributed by atoms with E-state index in [1.807, 2.05) is 24.8 Å². The maximum absolute atomic E-state index is 10.8. The quantitative estimate of drug-likeness (QED) is 0.288. The first-order chi connectivity index (χ1) is 20.0. The molecule has 3 aromatic carbocycles. The Bertz CT molecular complexity index is 1410. The molecule has 1 aliphatic carbocycles. The lowest BCUT2D eigenvalue weighted by molar-refractivity contribution is -0.139. The van der Waals surface area contributed by atoms with Crippen molar-refractivity contribution < 1.29 is 24.1 Å². The van der Waals surface area contributed by atoms with Gasteiger partial charge in [-0.2, -0.15) is 0 Å². The number of carbonyl (C=O) groups is 1. The van der Waals surface area contributed by atoms with Crippen LogP contribution in [0.2, 0.25) is 0 Å². The van der Waals surface area contributed by atoms with Gasteiger partial charge in [0.15, 0.2) is 6.61 Å². The minimum atomic E-state index is -1.00. The summed E-state index contributed by atoms with van der Waals surface area (Å²) in [6.07, 6.45) is 4.72. The summed E-state index contributed by atoms with van der Waals surface area (Å²) < 4.78 is 16.8. The lowest BCUT2D eigenvalue weighted by Gasteiger charge is -2.24. The smallest absolute Gasteiger partial charge is 0.341 e. The molecule has 0 aromatic heterocycles. The molecule has 0 unspecified atom stereocenters. The Hall–Kier alpha value is -3.70. The van der Waals surface area contributed by atoms with Crippen LogP contribution in [0.4, 0.5) is 0 Å². The average Bonchev–Trinajstić information content (AvgIpc) is 3.80. The Morgan fingerprint density at radius 3 is 2.39 bits per heavy atom. The van der Waals surface area contributed by atoms with Gasteiger partial charge in [-0.1, -0.05) is 36.1 Å². The zero-order valence-electron chi connectivity index (χ0n) is 23.3. The molecular weight excluding hydrogens is 534 g/mol. The lowest BCUT2D eigenvalue weighted by atomic mass is 9.97. The number of nitrogens with zero attached hydrogens (tertiary/aromatic N) is 1. The van der Waals surface area contributed by atoms with E-state index in [0.29, 0.717) is 18.1 Å². The molecule has 0 bridgehead atoms. The molecule has 0 spiro atoms. The largest absolute Gasteiger partial charge is 0.489 e. The SMILES string of the molecule is Cc1cc(OCC=C(c2ccc(C#CCN3CCOCC3)cc2)c2ccc(SC3CC3)cc2)ccc1OCC(=O)O. The second kappa shape index (κ2) is 14.3. The van der Waals surface area contributed by atoms with Gasteiger partial charge in [-0.05, 0) is 90.6 Å². The standard InChI is InChI=1S/C34H35NO5S/c1-25-23-29(10-15-33(25)40-24-34(36)37)39-20-16-32(28-8-11-30(12-9-28)41-31-13-14-31)27-6-4-26(5-7-27)3-2-17-35-18-21-38-22-19-35/h4-12,15-16,23,31H,13-14,17-22,24H2,1H3,(H,36,37). The van der Waals surface area contributed by atoms with Crippen LogP contribution in [0.15, 0.2) is 77.7 Å². The van der Waals surface area contributed by atoms with Crippen molar-refractivity contribution >= 4 is 23.3 Å². The monoisotopic (exact) mass is 569 g/mol. The number of aliphatic carboxylic acids is 1. The number of carboxylic acids is 1. The molecule has 0 radical (unpaired) electrons. The molecule has 1 saturated carbocycles. The van der Waals surface area contributed by atoms with E-state index in [1.165, 1.54) is 17.7 Å². The second-order valence-corrected chi connectivity index (χ2v) is 11.5. The second-order valence-electron chi connectivity index (χ2n) is 10.1. The maximum atomic E-state index is 10.8. The van der Waals surface area contributed by atoms with Crippen LogP contribution in [-0.2, 0) is 9.53 Å². The van der Waals surface area contributed by atoms with Gasteiger partial charge in [-0.15, -0.1) is 11.8 Å². The lowest BCUT2D eigenvalue weighted by Crippen LogP contribution is -2.36. The third kappa shape index (κ3) is 8.89. The number of morpholine rings is 1. The Balaban J connectivity index is 1.29. The summed E-state index contributed by atoms with van der Waals surface area (Å²) in [5.74, 6) is 6.82. The minimum absolute atomic E-state index is 0.372. The summed E-state index contributed by atoms with van der Waals surface area (Å²) in [7, 11) is 0.